The first-order chi connectivity index (χ1) is 10.2. The van der Waals surface area contributed by atoms with Gasteiger partial charge in [-0.25, -0.2) is 9.37 Å². The van der Waals surface area contributed by atoms with Crippen LogP contribution in [0.3, 0.4) is 0 Å². The summed E-state index contributed by atoms with van der Waals surface area (Å²) in [5.74, 6) is 0.812. The maximum absolute atomic E-state index is 13.7. The van der Waals surface area contributed by atoms with Gasteiger partial charge in [-0.3, -0.25) is 0 Å². The number of imidazole rings is 1. The summed E-state index contributed by atoms with van der Waals surface area (Å²) in [6.07, 6.45) is 0.732. The lowest BCUT2D eigenvalue weighted by Crippen LogP contribution is -2.06. The van der Waals surface area contributed by atoms with Crippen molar-refractivity contribution in [1.82, 2.24) is 9.55 Å². The van der Waals surface area contributed by atoms with Crippen LogP contribution in [0.4, 0.5) is 10.3 Å². The fraction of sp³-hybridized carbons (Fsp3) is 0.188. The smallest absolute Gasteiger partial charge is 0.201 e. The number of aromatic nitrogens is 2. The van der Waals surface area contributed by atoms with E-state index in [4.69, 9.17) is 10.5 Å². The molecule has 0 fully saturated rings. The standard InChI is InChI=1S/C16H16FN3O/c1-21-14-8-3-2-5-11(14)9-10-20-13-7-4-6-12(17)15(13)19-16(20)18/h2-8H,9-10H2,1H3,(H2,18,19). The molecule has 0 aliphatic rings. The van der Waals surface area contributed by atoms with E-state index in [-0.39, 0.29) is 5.82 Å². The molecular weight excluding hydrogens is 269 g/mol. The predicted octanol–water partition coefficient (Wildman–Crippen LogP) is 3.01. The number of hydrogen-bond acceptors (Lipinski definition) is 3. The van der Waals surface area contributed by atoms with Crippen molar-refractivity contribution in [2.45, 2.75) is 13.0 Å². The van der Waals surface area contributed by atoms with Crippen LogP contribution in [-0.4, -0.2) is 16.7 Å². The Morgan fingerprint density at radius 1 is 1.19 bits per heavy atom. The number of para-hydroxylation sites is 2. The Balaban J connectivity index is 1.92. The first-order valence-corrected chi connectivity index (χ1v) is 6.73. The van der Waals surface area contributed by atoms with Crippen molar-refractivity contribution in [3.63, 3.8) is 0 Å². The summed E-state index contributed by atoms with van der Waals surface area (Å²) in [5, 5.41) is 0. The van der Waals surface area contributed by atoms with Crippen molar-refractivity contribution in [3.05, 3.63) is 53.8 Å². The number of anilines is 1. The van der Waals surface area contributed by atoms with Crippen molar-refractivity contribution < 1.29 is 9.13 Å². The van der Waals surface area contributed by atoms with Crippen molar-refractivity contribution in [2.24, 2.45) is 0 Å². The average molecular weight is 285 g/mol. The predicted molar refractivity (Wildman–Crippen MR) is 80.8 cm³/mol. The van der Waals surface area contributed by atoms with E-state index in [1.54, 1.807) is 13.2 Å². The number of methoxy groups -OCH3 is 1. The molecule has 0 aliphatic heterocycles. The van der Waals surface area contributed by atoms with Gasteiger partial charge in [0.25, 0.3) is 0 Å². The molecule has 0 aliphatic carbocycles. The molecule has 4 nitrogen and oxygen atoms in total. The SMILES string of the molecule is COc1ccccc1CCn1c(N)nc2c(F)cccc21. The third-order valence-corrected chi connectivity index (χ3v) is 3.56. The van der Waals surface area contributed by atoms with E-state index in [2.05, 4.69) is 4.98 Å². The Hall–Kier alpha value is -2.56. The molecule has 0 saturated carbocycles. The van der Waals surface area contributed by atoms with E-state index >= 15 is 0 Å². The third kappa shape index (κ3) is 2.42. The molecule has 3 aromatic rings. The summed E-state index contributed by atoms with van der Waals surface area (Å²) in [4.78, 5) is 4.10. The highest BCUT2D eigenvalue weighted by atomic mass is 19.1. The van der Waals surface area contributed by atoms with Crippen LogP contribution >= 0.6 is 0 Å². The normalized spacial score (nSPS) is 11.0. The van der Waals surface area contributed by atoms with Gasteiger partial charge in [0.15, 0.2) is 5.82 Å². The van der Waals surface area contributed by atoms with Gasteiger partial charge in [0.05, 0.1) is 12.6 Å². The molecule has 2 N–H and O–H groups in total. The van der Waals surface area contributed by atoms with Gasteiger partial charge in [-0.15, -0.1) is 0 Å². The second-order valence-electron chi connectivity index (χ2n) is 4.79. The second kappa shape index (κ2) is 5.44. The Kier molecular flexibility index (Phi) is 3.48. The summed E-state index contributed by atoms with van der Waals surface area (Å²) in [5.41, 5.74) is 8.02. The van der Waals surface area contributed by atoms with Crippen LogP contribution in [0.1, 0.15) is 5.56 Å². The number of benzene rings is 2. The first-order valence-electron chi connectivity index (χ1n) is 6.73. The first kappa shape index (κ1) is 13.4. The summed E-state index contributed by atoms with van der Waals surface area (Å²) < 4.78 is 20.9. The molecule has 0 unspecified atom stereocenters. The lowest BCUT2D eigenvalue weighted by Gasteiger charge is -2.10. The van der Waals surface area contributed by atoms with Gasteiger partial charge < -0.3 is 15.0 Å². The van der Waals surface area contributed by atoms with Crippen LogP contribution in [0.25, 0.3) is 11.0 Å². The summed E-state index contributed by atoms with van der Waals surface area (Å²) in [7, 11) is 1.65. The minimum absolute atomic E-state index is 0.315. The highest BCUT2D eigenvalue weighted by Crippen LogP contribution is 2.23. The van der Waals surface area contributed by atoms with Crippen molar-refractivity contribution in [3.8, 4) is 5.75 Å². The molecule has 0 radical (unpaired) electrons. The monoisotopic (exact) mass is 285 g/mol. The zero-order chi connectivity index (χ0) is 14.8. The van der Waals surface area contributed by atoms with Gasteiger partial charge in [-0.05, 0) is 30.2 Å². The van der Waals surface area contributed by atoms with Crippen LogP contribution in [0, 0.1) is 5.82 Å². The Bertz CT molecular complexity index is 782. The number of rotatable bonds is 4. The van der Waals surface area contributed by atoms with Crippen LogP contribution < -0.4 is 10.5 Å². The molecule has 21 heavy (non-hydrogen) atoms. The van der Waals surface area contributed by atoms with E-state index < -0.39 is 0 Å². The lowest BCUT2D eigenvalue weighted by molar-refractivity contribution is 0.408. The number of halogens is 1. The average Bonchev–Trinajstić information content (AvgIpc) is 2.83. The molecule has 5 heteroatoms. The molecule has 0 spiro atoms. The summed E-state index contributed by atoms with van der Waals surface area (Å²) in [6.45, 7) is 0.617. The van der Waals surface area contributed by atoms with Gasteiger partial charge in [0.2, 0.25) is 5.95 Å². The highest BCUT2D eigenvalue weighted by Gasteiger charge is 2.12. The lowest BCUT2D eigenvalue weighted by atomic mass is 10.1. The van der Waals surface area contributed by atoms with Crippen molar-refractivity contribution in [2.75, 3.05) is 12.8 Å². The quantitative estimate of drug-likeness (QED) is 0.801. The van der Waals surface area contributed by atoms with Crippen LogP contribution in [0.15, 0.2) is 42.5 Å². The van der Waals surface area contributed by atoms with Gasteiger partial charge in [0.1, 0.15) is 11.3 Å². The highest BCUT2D eigenvalue weighted by molar-refractivity contribution is 5.78. The molecule has 3 rings (SSSR count). The molecular formula is C16H16FN3O. The Morgan fingerprint density at radius 2 is 2.00 bits per heavy atom. The zero-order valence-corrected chi connectivity index (χ0v) is 11.7. The fourth-order valence-electron chi connectivity index (χ4n) is 2.51. The van der Waals surface area contributed by atoms with Gasteiger partial charge in [0, 0.05) is 6.54 Å². The molecule has 1 aromatic heterocycles. The maximum atomic E-state index is 13.7. The van der Waals surface area contributed by atoms with Crippen LogP contribution in [0.5, 0.6) is 5.75 Å². The largest absolute Gasteiger partial charge is 0.496 e. The van der Waals surface area contributed by atoms with Gasteiger partial charge >= 0.3 is 0 Å². The Labute approximate surface area is 122 Å². The number of ether oxygens (including phenoxy) is 1. The summed E-state index contributed by atoms with van der Waals surface area (Å²) >= 11 is 0. The van der Waals surface area contributed by atoms with Crippen LogP contribution in [-0.2, 0) is 13.0 Å². The minimum atomic E-state index is -0.352. The molecule has 0 atom stereocenters. The van der Waals surface area contributed by atoms with Gasteiger partial charge in [-0.1, -0.05) is 24.3 Å². The number of nitrogens with two attached hydrogens (primary N) is 1. The van der Waals surface area contributed by atoms with Crippen molar-refractivity contribution >= 4 is 17.0 Å². The Morgan fingerprint density at radius 3 is 2.81 bits per heavy atom. The fourth-order valence-corrected chi connectivity index (χ4v) is 2.51. The molecule has 2 aromatic carbocycles. The second-order valence-corrected chi connectivity index (χ2v) is 4.79. The maximum Gasteiger partial charge on any atom is 0.201 e. The van der Waals surface area contributed by atoms with E-state index in [9.17, 15) is 4.39 Å². The topological polar surface area (TPSA) is 53.1 Å². The van der Waals surface area contributed by atoms with Crippen molar-refractivity contribution in [1.29, 1.82) is 0 Å². The molecule has 0 amide bonds. The van der Waals surface area contributed by atoms with E-state index in [1.807, 2.05) is 34.9 Å². The van der Waals surface area contributed by atoms with E-state index in [0.29, 0.717) is 23.5 Å². The zero-order valence-electron chi connectivity index (χ0n) is 11.7. The van der Waals surface area contributed by atoms with E-state index in [1.165, 1.54) is 6.07 Å². The third-order valence-electron chi connectivity index (χ3n) is 3.56. The molecule has 108 valence electrons. The summed E-state index contributed by atoms with van der Waals surface area (Å²) in [6, 6.07) is 12.7. The number of nitrogens with zero attached hydrogens (tertiary/aromatic N) is 2. The molecule has 1 heterocycles. The number of fused-ring (bicyclic) bond motifs is 1. The number of aryl methyl sites for hydroxylation is 2. The molecule has 0 bridgehead atoms. The van der Waals surface area contributed by atoms with Crippen LogP contribution in [0.2, 0.25) is 0 Å². The number of hydrogen-bond donors (Lipinski definition) is 1. The van der Waals surface area contributed by atoms with E-state index in [0.717, 1.165) is 17.7 Å². The van der Waals surface area contributed by atoms with Gasteiger partial charge in [-0.2, -0.15) is 0 Å². The minimum Gasteiger partial charge on any atom is -0.496 e. The number of nitrogen functional groups attached to an aromatic ring is 1. The molecule has 0 saturated heterocycles.